The highest BCUT2D eigenvalue weighted by Crippen LogP contribution is 2.44. The Morgan fingerprint density at radius 3 is 2.76 bits per heavy atom. The van der Waals surface area contributed by atoms with E-state index in [1.807, 2.05) is 18.5 Å². The minimum Gasteiger partial charge on any atom is -0.313 e. The molecule has 2 saturated carbocycles. The van der Waals surface area contributed by atoms with Gasteiger partial charge >= 0.3 is 0 Å². The zero-order valence-corrected chi connectivity index (χ0v) is 21.9. The predicted molar refractivity (Wildman–Crippen MR) is 141 cm³/mol. The third kappa shape index (κ3) is 4.76. The van der Waals surface area contributed by atoms with Crippen LogP contribution in [0, 0.1) is 29.5 Å². The van der Waals surface area contributed by atoms with Crippen molar-refractivity contribution >= 4 is 17.3 Å². The van der Waals surface area contributed by atoms with Gasteiger partial charge in [-0.1, -0.05) is 18.7 Å². The number of pyridine rings is 2. The van der Waals surface area contributed by atoms with Crippen LogP contribution in [0.15, 0.2) is 52.9 Å². The first-order chi connectivity index (χ1) is 17.9. The third-order valence-corrected chi connectivity index (χ3v) is 8.97. The first kappa shape index (κ1) is 24.1. The predicted octanol–water partition coefficient (Wildman–Crippen LogP) is 5.94. The molecule has 0 spiro atoms. The molecule has 0 radical (unpaired) electrons. The van der Waals surface area contributed by atoms with E-state index in [2.05, 4.69) is 40.0 Å². The van der Waals surface area contributed by atoms with Gasteiger partial charge in [-0.3, -0.25) is 4.68 Å². The lowest BCUT2D eigenvalue weighted by Crippen LogP contribution is -2.37. The summed E-state index contributed by atoms with van der Waals surface area (Å²) >= 11 is 1.21. The van der Waals surface area contributed by atoms with E-state index in [0.717, 1.165) is 41.1 Å². The van der Waals surface area contributed by atoms with Gasteiger partial charge in [0.05, 0.1) is 29.5 Å². The summed E-state index contributed by atoms with van der Waals surface area (Å²) < 4.78 is 18.3. The Morgan fingerprint density at radius 2 is 2.03 bits per heavy atom. The smallest absolute Gasteiger partial charge is 0.155 e. The molecule has 4 heterocycles. The molecule has 37 heavy (non-hydrogen) atoms. The molecule has 0 bridgehead atoms. The van der Waals surface area contributed by atoms with Crippen molar-refractivity contribution in [3.8, 4) is 17.2 Å². The van der Waals surface area contributed by atoms with Crippen molar-refractivity contribution < 1.29 is 4.39 Å². The van der Waals surface area contributed by atoms with Gasteiger partial charge in [-0.15, -0.1) is 0 Å². The van der Waals surface area contributed by atoms with Crippen LogP contribution in [0.1, 0.15) is 62.7 Å². The Hall–Kier alpha value is -3.22. The van der Waals surface area contributed by atoms with Crippen LogP contribution in [-0.2, 0) is 0 Å². The summed E-state index contributed by atoms with van der Waals surface area (Å²) in [6.07, 6.45) is 14.2. The fraction of sp³-hybridized carbons (Fsp3) is 0.429. The van der Waals surface area contributed by atoms with E-state index < -0.39 is 5.82 Å². The molecule has 9 heteroatoms. The standard InChI is InChI=1S/C28H30FN7S/c1-18-23(15-34-36(18)22-7-5-21(6-8-22)32-17-28(2)9-10-28)19-12-25(37-27-24(29)4-3-11-31-27)26-20(13-30)14-33-35(26)16-19/h3-4,11-12,14-16,21-22,32H,5-10,17H2,1-2H3. The van der Waals surface area contributed by atoms with Crippen molar-refractivity contribution in [1.29, 1.82) is 5.26 Å². The zero-order chi connectivity index (χ0) is 25.6. The van der Waals surface area contributed by atoms with Crippen LogP contribution in [0.4, 0.5) is 4.39 Å². The summed E-state index contributed by atoms with van der Waals surface area (Å²) in [5.74, 6) is -0.394. The Labute approximate surface area is 220 Å². The number of rotatable bonds is 7. The molecule has 0 atom stereocenters. The van der Waals surface area contributed by atoms with E-state index >= 15 is 0 Å². The molecule has 4 aromatic heterocycles. The lowest BCUT2D eigenvalue weighted by Gasteiger charge is -2.31. The van der Waals surface area contributed by atoms with Crippen LogP contribution < -0.4 is 5.32 Å². The number of hydrogen-bond donors (Lipinski definition) is 1. The Kier molecular flexibility index (Phi) is 6.25. The van der Waals surface area contributed by atoms with Crippen molar-refractivity contribution in [2.24, 2.45) is 5.41 Å². The lowest BCUT2D eigenvalue weighted by molar-refractivity contribution is 0.265. The second-order valence-electron chi connectivity index (χ2n) is 10.7. The summed E-state index contributed by atoms with van der Waals surface area (Å²) in [7, 11) is 0. The van der Waals surface area contributed by atoms with Crippen LogP contribution in [-0.4, -0.2) is 37.0 Å². The summed E-state index contributed by atoms with van der Waals surface area (Å²) in [6.45, 7) is 5.62. The molecule has 4 aromatic rings. The minimum atomic E-state index is -0.394. The van der Waals surface area contributed by atoms with E-state index in [0.29, 0.717) is 28.6 Å². The highest BCUT2D eigenvalue weighted by atomic mass is 32.2. The minimum absolute atomic E-state index is 0.264. The Bertz CT molecular complexity index is 1490. The molecule has 0 aliphatic heterocycles. The molecule has 0 aromatic carbocycles. The number of aromatic nitrogens is 5. The maximum Gasteiger partial charge on any atom is 0.155 e. The SMILES string of the molecule is Cc1c(-c2cc(Sc3ncccc3F)c3c(C#N)cnn3c2)cnn1C1CCC(NCC2(C)CC2)CC1. The molecule has 0 unspecified atom stereocenters. The van der Waals surface area contributed by atoms with Crippen molar-refractivity contribution in [2.75, 3.05) is 6.54 Å². The molecule has 0 saturated heterocycles. The number of nitriles is 1. The molecule has 6 rings (SSSR count). The van der Waals surface area contributed by atoms with Gasteiger partial charge in [-0.25, -0.2) is 13.9 Å². The van der Waals surface area contributed by atoms with E-state index in [1.54, 1.807) is 23.0 Å². The highest BCUT2D eigenvalue weighted by molar-refractivity contribution is 7.99. The van der Waals surface area contributed by atoms with E-state index in [9.17, 15) is 9.65 Å². The molecule has 7 nitrogen and oxygen atoms in total. The number of nitrogens with one attached hydrogen (secondary N) is 1. The summed E-state index contributed by atoms with van der Waals surface area (Å²) in [6, 6.07) is 8.14. The molecule has 1 N–H and O–H groups in total. The number of halogens is 1. The van der Waals surface area contributed by atoms with E-state index in [-0.39, 0.29) is 5.03 Å². The normalized spacial score (nSPS) is 20.7. The first-order valence-corrected chi connectivity index (χ1v) is 13.7. The molecular formula is C28H30FN7S. The quantitative estimate of drug-likeness (QED) is 0.328. The van der Waals surface area contributed by atoms with Crippen molar-refractivity contribution in [3.63, 3.8) is 0 Å². The largest absolute Gasteiger partial charge is 0.313 e. The van der Waals surface area contributed by atoms with Crippen LogP contribution in [0.2, 0.25) is 0 Å². The number of nitrogens with zero attached hydrogens (tertiary/aromatic N) is 6. The van der Waals surface area contributed by atoms with Gasteiger partial charge in [0.15, 0.2) is 5.82 Å². The van der Waals surface area contributed by atoms with Gasteiger partial charge in [-0.05, 0) is 69.1 Å². The highest BCUT2D eigenvalue weighted by Gasteiger charge is 2.37. The van der Waals surface area contributed by atoms with Gasteiger partial charge in [0.2, 0.25) is 0 Å². The molecule has 2 aliphatic carbocycles. The van der Waals surface area contributed by atoms with Gasteiger partial charge in [0, 0.05) is 46.7 Å². The Morgan fingerprint density at radius 1 is 1.22 bits per heavy atom. The second-order valence-corrected chi connectivity index (χ2v) is 11.8. The Balaban J connectivity index is 1.27. The van der Waals surface area contributed by atoms with Crippen LogP contribution in [0.25, 0.3) is 16.6 Å². The fourth-order valence-corrected chi connectivity index (χ4v) is 6.30. The first-order valence-electron chi connectivity index (χ1n) is 12.9. The van der Waals surface area contributed by atoms with E-state index in [1.165, 1.54) is 43.5 Å². The second kappa shape index (κ2) is 9.58. The summed E-state index contributed by atoms with van der Waals surface area (Å²) in [5.41, 5.74) is 4.68. The monoisotopic (exact) mass is 515 g/mol. The summed E-state index contributed by atoms with van der Waals surface area (Å²) in [4.78, 5) is 4.92. The van der Waals surface area contributed by atoms with Gasteiger partial charge in [0.25, 0.3) is 0 Å². The molecular weight excluding hydrogens is 485 g/mol. The summed E-state index contributed by atoms with van der Waals surface area (Å²) in [5, 5.41) is 22.9. The van der Waals surface area contributed by atoms with Crippen molar-refractivity contribution in [3.05, 3.63) is 60.1 Å². The molecule has 2 aliphatic rings. The maximum absolute atomic E-state index is 14.4. The van der Waals surface area contributed by atoms with Crippen molar-refractivity contribution in [1.82, 2.24) is 29.7 Å². The van der Waals surface area contributed by atoms with Crippen LogP contribution in [0.5, 0.6) is 0 Å². The maximum atomic E-state index is 14.4. The zero-order valence-electron chi connectivity index (χ0n) is 21.1. The molecule has 190 valence electrons. The fourth-order valence-electron chi connectivity index (χ4n) is 5.32. The average Bonchev–Trinajstić information content (AvgIpc) is 3.31. The van der Waals surface area contributed by atoms with Crippen molar-refractivity contribution in [2.45, 2.75) is 74.4 Å². The van der Waals surface area contributed by atoms with Gasteiger partial charge < -0.3 is 5.32 Å². The third-order valence-electron chi connectivity index (χ3n) is 7.95. The van der Waals surface area contributed by atoms with Crippen LogP contribution in [0.3, 0.4) is 0 Å². The number of hydrogen-bond acceptors (Lipinski definition) is 6. The van der Waals surface area contributed by atoms with Gasteiger partial charge in [-0.2, -0.15) is 15.5 Å². The average molecular weight is 516 g/mol. The molecule has 0 amide bonds. The van der Waals surface area contributed by atoms with Crippen LogP contribution >= 0.6 is 11.8 Å². The lowest BCUT2D eigenvalue weighted by atomic mass is 9.90. The molecule has 2 fully saturated rings. The number of fused-ring (bicyclic) bond motifs is 1. The van der Waals surface area contributed by atoms with E-state index in [4.69, 9.17) is 5.10 Å². The van der Waals surface area contributed by atoms with Gasteiger partial charge in [0.1, 0.15) is 11.1 Å². The topological polar surface area (TPSA) is 83.8 Å².